The van der Waals surface area contributed by atoms with Crippen molar-refractivity contribution < 1.29 is 1.43 Å². The largest absolute Gasteiger partial charge is 0.385 e. The summed E-state index contributed by atoms with van der Waals surface area (Å²) in [6.07, 6.45) is 6.19. The number of nitrogens with one attached hydrogen (secondary N) is 1. The lowest BCUT2D eigenvalue weighted by Gasteiger charge is -2.16. The van der Waals surface area contributed by atoms with Gasteiger partial charge in [-0.25, -0.2) is 0 Å². The Morgan fingerprint density at radius 2 is 2.33 bits per heavy atom. The Balaban J connectivity index is 0.000000451. The summed E-state index contributed by atoms with van der Waals surface area (Å²) in [7, 11) is 0. The van der Waals surface area contributed by atoms with Gasteiger partial charge in [-0.15, -0.1) is 0 Å². The van der Waals surface area contributed by atoms with E-state index in [-0.39, 0.29) is 1.43 Å². The highest BCUT2D eigenvalue weighted by Crippen LogP contribution is 2.18. The van der Waals surface area contributed by atoms with Crippen molar-refractivity contribution >= 4 is 5.69 Å². The van der Waals surface area contributed by atoms with E-state index in [2.05, 4.69) is 10.3 Å². The Kier molecular flexibility index (Phi) is 3.58. The minimum atomic E-state index is 0. The zero-order valence-electron chi connectivity index (χ0n) is 7.80. The summed E-state index contributed by atoms with van der Waals surface area (Å²) >= 11 is 0. The lowest BCUT2D eigenvalue weighted by atomic mass is 10.1. The standard InChI is InChI=1S/C8H10N2.C2H6.H2/c1-2-7-6-9-5-3-8(7)10-4-1;1-2;/h3,5-6,10H,1-2,4H2;1-2H3;1H. The first-order valence-corrected chi connectivity index (χ1v) is 4.63. The van der Waals surface area contributed by atoms with Gasteiger partial charge < -0.3 is 5.32 Å². The van der Waals surface area contributed by atoms with E-state index in [1.807, 2.05) is 32.3 Å². The highest BCUT2D eigenvalue weighted by Gasteiger charge is 2.05. The van der Waals surface area contributed by atoms with Gasteiger partial charge in [-0.3, -0.25) is 4.98 Å². The fourth-order valence-corrected chi connectivity index (χ4v) is 1.30. The molecule has 0 aliphatic carbocycles. The van der Waals surface area contributed by atoms with Crippen molar-refractivity contribution in [2.45, 2.75) is 26.7 Å². The fourth-order valence-electron chi connectivity index (χ4n) is 1.30. The van der Waals surface area contributed by atoms with Gasteiger partial charge in [0.05, 0.1) is 0 Å². The van der Waals surface area contributed by atoms with Gasteiger partial charge in [-0.1, -0.05) is 13.8 Å². The number of anilines is 1. The van der Waals surface area contributed by atoms with E-state index in [1.165, 1.54) is 24.1 Å². The highest BCUT2D eigenvalue weighted by molar-refractivity contribution is 5.50. The molecule has 1 aliphatic heterocycles. The molecule has 1 aliphatic rings. The smallest absolute Gasteiger partial charge is 0.0403 e. The Morgan fingerprint density at radius 1 is 1.50 bits per heavy atom. The quantitative estimate of drug-likeness (QED) is 0.641. The molecule has 12 heavy (non-hydrogen) atoms. The summed E-state index contributed by atoms with van der Waals surface area (Å²) in [5, 5.41) is 3.32. The van der Waals surface area contributed by atoms with E-state index in [0.717, 1.165) is 6.54 Å². The molecule has 2 heterocycles. The third-order valence-electron chi connectivity index (χ3n) is 1.84. The molecule has 0 atom stereocenters. The first-order chi connectivity index (χ1) is 5.97. The van der Waals surface area contributed by atoms with Gasteiger partial charge in [0.25, 0.3) is 0 Å². The molecular weight excluding hydrogens is 148 g/mol. The molecule has 0 bridgehead atoms. The Bertz CT molecular complexity index is 213. The number of hydrogen-bond donors (Lipinski definition) is 1. The van der Waals surface area contributed by atoms with Crippen LogP contribution in [0.4, 0.5) is 5.69 Å². The second kappa shape index (κ2) is 4.75. The molecule has 1 aromatic heterocycles. The molecule has 2 heteroatoms. The van der Waals surface area contributed by atoms with Crippen LogP contribution < -0.4 is 5.32 Å². The average molecular weight is 166 g/mol. The molecule has 0 spiro atoms. The van der Waals surface area contributed by atoms with Crippen molar-refractivity contribution in [3.63, 3.8) is 0 Å². The van der Waals surface area contributed by atoms with Gasteiger partial charge in [0.2, 0.25) is 0 Å². The van der Waals surface area contributed by atoms with Gasteiger partial charge >= 0.3 is 0 Å². The minimum absolute atomic E-state index is 0. The fraction of sp³-hybridized carbons (Fsp3) is 0.500. The van der Waals surface area contributed by atoms with Gasteiger partial charge in [-0.2, -0.15) is 0 Å². The van der Waals surface area contributed by atoms with Crippen LogP contribution in [0.1, 0.15) is 27.3 Å². The lowest BCUT2D eigenvalue weighted by molar-refractivity contribution is 0.824. The third kappa shape index (κ3) is 1.97. The predicted octanol–water partition coefficient (Wildman–Crippen LogP) is 2.71. The Morgan fingerprint density at radius 3 is 3.08 bits per heavy atom. The van der Waals surface area contributed by atoms with E-state index in [1.54, 1.807) is 0 Å². The molecular formula is C10H18N2. The molecule has 1 aromatic rings. The van der Waals surface area contributed by atoms with Gasteiger partial charge in [-0.05, 0) is 24.5 Å². The number of hydrogen-bond acceptors (Lipinski definition) is 2. The molecule has 0 amide bonds. The van der Waals surface area contributed by atoms with Crippen molar-refractivity contribution in [3.8, 4) is 0 Å². The molecule has 0 radical (unpaired) electrons. The molecule has 2 rings (SSSR count). The van der Waals surface area contributed by atoms with Crippen LogP contribution in [0.3, 0.4) is 0 Å². The summed E-state index contributed by atoms with van der Waals surface area (Å²) < 4.78 is 0. The van der Waals surface area contributed by atoms with Crippen LogP contribution in [0.5, 0.6) is 0 Å². The second-order valence-corrected chi connectivity index (χ2v) is 2.56. The maximum Gasteiger partial charge on any atom is 0.0403 e. The minimum Gasteiger partial charge on any atom is -0.385 e. The summed E-state index contributed by atoms with van der Waals surface area (Å²) in [5.74, 6) is 0. The maximum atomic E-state index is 4.06. The number of rotatable bonds is 0. The van der Waals surface area contributed by atoms with Gasteiger partial charge in [0.1, 0.15) is 0 Å². The van der Waals surface area contributed by atoms with Gasteiger partial charge in [0.15, 0.2) is 0 Å². The summed E-state index contributed by atoms with van der Waals surface area (Å²) in [6.45, 7) is 5.11. The zero-order valence-corrected chi connectivity index (χ0v) is 7.80. The van der Waals surface area contributed by atoms with E-state index in [9.17, 15) is 0 Å². The SMILES string of the molecule is CC.[HH].c1cc2c(cn1)CCCN2. The van der Waals surface area contributed by atoms with Crippen LogP contribution in [0.25, 0.3) is 0 Å². The van der Waals surface area contributed by atoms with E-state index in [4.69, 9.17) is 0 Å². The van der Waals surface area contributed by atoms with E-state index >= 15 is 0 Å². The number of pyridine rings is 1. The number of fused-ring (bicyclic) bond motifs is 1. The van der Waals surface area contributed by atoms with Crippen LogP contribution in [-0.2, 0) is 6.42 Å². The van der Waals surface area contributed by atoms with Crippen molar-refractivity contribution in [3.05, 3.63) is 24.0 Å². The van der Waals surface area contributed by atoms with Gasteiger partial charge in [0, 0.05) is 26.1 Å². The molecule has 68 valence electrons. The number of nitrogens with zero attached hydrogens (tertiary/aromatic N) is 1. The Labute approximate surface area is 75.5 Å². The van der Waals surface area contributed by atoms with E-state index in [0.29, 0.717) is 0 Å². The zero-order chi connectivity index (χ0) is 8.81. The lowest BCUT2D eigenvalue weighted by Crippen LogP contribution is -2.11. The first kappa shape index (κ1) is 9.04. The Hall–Kier alpha value is -1.05. The van der Waals surface area contributed by atoms with Crippen LogP contribution in [0, 0.1) is 0 Å². The van der Waals surface area contributed by atoms with Crippen molar-refractivity contribution in [2.75, 3.05) is 11.9 Å². The average Bonchev–Trinajstić information content (AvgIpc) is 2.21. The molecule has 0 saturated carbocycles. The predicted molar refractivity (Wildman–Crippen MR) is 54.5 cm³/mol. The van der Waals surface area contributed by atoms with Crippen LogP contribution in [-0.4, -0.2) is 11.5 Å². The maximum absolute atomic E-state index is 4.06. The summed E-state index contributed by atoms with van der Waals surface area (Å²) in [5.41, 5.74) is 2.62. The summed E-state index contributed by atoms with van der Waals surface area (Å²) in [4.78, 5) is 4.06. The molecule has 0 saturated heterocycles. The molecule has 1 N–H and O–H groups in total. The third-order valence-corrected chi connectivity index (χ3v) is 1.84. The first-order valence-electron chi connectivity index (χ1n) is 4.63. The molecule has 2 nitrogen and oxygen atoms in total. The van der Waals surface area contributed by atoms with E-state index < -0.39 is 0 Å². The molecule has 0 fully saturated rings. The number of aryl methyl sites for hydroxylation is 1. The monoisotopic (exact) mass is 166 g/mol. The van der Waals surface area contributed by atoms with Crippen LogP contribution in [0.15, 0.2) is 18.5 Å². The number of aromatic nitrogens is 1. The molecule has 0 unspecified atom stereocenters. The summed E-state index contributed by atoms with van der Waals surface area (Å²) in [6, 6.07) is 2.04. The normalized spacial score (nSPS) is 13.5. The van der Waals surface area contributed by atoms with Crippen LogP contribution in [0.2, 0.25) is 0 Å². The van der Waals surface area contributed by atoms with Crippen molar-refractivity contribution in [1.82, 2.24) is 4.98 Å². The van der Waals surface area contributed by atoms with Crippen molar-refractivity contribution in [2.24, 2.45) is 0 Å². The second-order valence-electron chi connectivity index (χ2n) is 2.56. The van der Waals surface area contributed by atoms with Crippen LogP contribution >= 0.6 is 0 Å². The van der Waals surface area contributed by atoms with Crippen molar-refractivity contribution in [1.29, 1.82) is 0 Å². The molecule has 0 aromatic carbocycles. The topological polar surface area (TPSA) is 24.9 Å². The highest BCUT2D eigenvalue weighted by atomic mass is 14.9.